The van der Waals surface area contributed by atoms with Gasteiger partial charge in [-0.3, -0.25) is 14.6 Å². The van der Waals surface area contributed by atoms with E-state index in [1.807, 2.05) is 6.92 Å². The van der Waals surface area contributed by atoms with Gasteiger partial charge in [-0.1, -0.05) is 13.0 Å². The summed E-state index contributed by atoms with van der Waals surface area (Å²) in [4.78, 5) is 29.0. The Bertz CT molecular complexity index is 895. The monoisotopic (exact) mass is 365 g/mol. The number of nitrogens with zero attached hydrogens (tertiary/aromatic N) is 1. The molecule has 1 aromatic heterocycles. The molecule has 1 amide bonds. The Morgan fingerprint density at radius 1 is 1.31 bits per heavy atom. The summed E-state index contributed by atoms with van der Waals surface area (Å²) in [6, 6.07) is 3.46. The number of H-pyrrole nitrogens is 1. The highest BCUT2D eigenvalue weighted by Crippen LogP contribution is 2.47. The zero-order valence-electron chi connectivity index (χ0n) is 14.1. The van der Waals surface area contributed by atoms with Gasteiger partial charge in [-0.2, -0.15) is 4.39 Å². The van der Waals surface area contributed by atoms with Gasteiger partial charge in [0, 0.05) is 12.6 Å². The van der Waals surface area contributed by atoms with Crippen molar-refractivity contribution in [3.05, 3.63) is 63.6 Å². The molecule has 8 heteroatoms. The van der Waals surface area contributed by atoms with Gasteiger partial charge in [-0.05, 0) is 42.2 Å². The van der Waals surface area contributed by atoms with E-state index in [4.69, 9.17) is 0 Å². The number of amides is 1. The molecular formula is C18H18F3N3O2. The van der Waals surface area contributed by atoms with Crippen LogP contribution in [0.25, 0.3) is 0 Å². The van der Waals surface area contributed by atoms with Gasteiger partial charge in [0.25, 0.3) is 11.5 Å². The van der Waals surface area contributed by atoms with Crippen molar-refractivity contribution in [2.75, 3.05) is 6.54 Å². The maximum Gasteiger partial charge on any atom is 0.287 e. The van der Waals surface area contributed by atoms with Crippen molar-refractivity contribution in [2.24, 2.45) is 11.3 Å². The SMILES string of the molecule is CC(CNC(=O)c1ncc(F)c(=O)[nH]1)(Cc1ccc(F)cc1F)C1CC1. The van der Waals surface area contributed by atoms with Crippen LogP contribution in [-0.2, 0) is 6.42 Å². The van der Waals surface area contributed by atoms with Gasteiger partial charge in [-0.15, -0.1) is 0 Å². The molecule has 1 atom stereocenters. The molecule has 0 aliphatic heterocycles. The van der Waals surface area contributed by atoms with E-state index in [1.165, 1.54) is 12.1 Å². The van der Waals surface area contributed by atoms with Gasteiger partial charge < -0.3 is 5.32 Å². The Hall–Kier alpha value is -2.64. The first-order valence-corrected chi connectivity index (χ1v) is 8.25. The standard InChI is InChI=1S/C18H18F3N3O2/c1-18(11-3-4-11,7-10-2-5-12(19)6-13(10)20)9-23-17(26)15-22-8-14(21)16(25)24-15/h2,5-6,8,11H,3-4,7,9H2,1H3,(H,23,26)(H,22,24,25). The minimum Gasteiger partial charge on any atom is -0.349 e. The number of rotatable bonds is 6. The van der Waals surface area contributed by atoms with Crippen LogP contribution in [-0.4, -0.2) is 22.4 Å². The maximum absolute atomic E-state index is 14.0. The highest BCUT2D eigenvalue weighted by Gasteiger charge is 2.42. The second kappa shape index (κ2) is 6.93. The number of carbonyl (C=O) groups excluding carboxylic acids is 1. The Balaban J connectivity index is 1.72. The van der Waals surface area contributed by atoms with E-state index in [0.717, 1.165) is 18.9 Å². The van der Waals surface area contributed by atoms with Crippen molar-refractivity contribution >= 4 is 5.91 Å². The Kier molecular flexibility index (Phi) is 4.84. The molecule has 0 radical (unpaired) electrons. The predicted octanol–water partition coefficient (Wildman–Crippen LogP) is 2.58. The van der Waals surface area contributed by atoms with Gasteiger partial charge in [0.1, 0.15) is 11.6 Å². The summed E-state index contributed by atoms with van der Waals surface area (Å²) in [6.07, 6.45) is 2.93. The minimum atomic E-state index is -1.07. The van der Waals surface area contributed by atoms with E-state index < -0.39 is 34.3 Å². The van der Waals surface area contributed by atoms with E-state index in [2.05, 4.69) is 15.3 Å². The first-order chi connectivity index (χ1) is 12.3. The van der Waals surface area contributed by atoms with Crippen LogP contribution in [0.2, 0.25) is 0 Å². The minimum absolute atomic E-state index is 0.217. The number of hydrogen-bond donors (Lipinski definition) is 2. The topological polar surface area (TPSA) is 74.8 Å². The van der Waals surface area contributed by atoms with Crippen LogP contribution >= 0.6 is 0 Å². The zero-order chi connectivity index (χ0) is 18.9. The number of aromatic amines is 1. The van der Waals surface area contributed by atoms with Crippen molar-refractivity contribution < 1.29 is 18.0 Å². The number of nitrogens with one attached hydrogen (secondary N) is 2. The molecule has 0 spiro atoms. The third-order valence-electron chi connectivity index (χ3n) is 4.80. The quantitative estimate of drug-likeness (QED) is 0.826. The molecule has 2 aromatic rings. The summed E-state index contributed by atoms with van der Waals surface area (Å²) in [5.74, 6) is -2.97. The van der Waals surface area contributed by atoms with Crippen molar-refractivity contribution in [1.82, 2.24) is 15.3 Å². The van der Waals surface area contributed by atoms with Gasteiger partial charge in [0.15, 0.2) is 5.82 Å². The fourth-order valence-corrected chi connectivity index (χ4v) is 3.09. The second-order valence-corrected chi connectivity index (χ2v) is 6.93. The van der Waals surface area contributed by atoms with E-state index >= 15 is 0 Å². The number of halogens is 3. The molecule has 1 fully saturated rings. The number of carbonyl (C=O) groups is 1. The van der Waals surface area contributed by atoms with Crippen molar-refractivity contribution in [1.29, 1.82) is 0 Å². The van der Waals surface area contributed by atoms with Crippen LogP contribution in [0.4, 0.5) is 13.2 Å². The lowest BCUT2D eigenvalue weighted by Crippen LogP contribution is -2.40. The fraction of sp³-hybridized carbons (Fsp3) is 0.389. The van der Waals surface area contributed by atoms with E-state index in [9.17, 15) is 22.8 Å². The molecule has 1 heterocycles. The molecule has 1 saturated carbocycles. The average molecular weight is 365 g/mol. The lowest BCUT2D eigenvalue weighted by atomic mass is 9.78. The van der Waals surface area contributed by atoms with Crippen molar-refractivity contribution in [2.45, 2.75) is 26.2 Å². The Morgan fingerprint density at radius 2 is 2.04 bits per heavy atom. The third kappa shape index (κ3) is 3.95. The molecule has 2 N–H and O–H groups in total. The molecule has 26 heavy (non-hydrogen) atoms. The smallest absolute Gasteiger partial charge is 0.287 e. The number of aromatic nitrogens is 2. The summed E-state index contributed by atoms with van der Waals surface area (Å²) in [5, 5.41) is 2.67. The first-order valence-electron chi connectivity index (χ1n) is 8.25. The van der Waals surface area contributed by atoms with Crippen LogP contribution in [0.1, 0.15) is 35.9 Å². The fourth-order valence-electron chi connectivity index (χ4n) is 3.09. The third-order valence-corrected chi connectivity index (χ3v) is 4.80. The first kappa shape index (κ1) is 18.2. The van der Waals surface area contributed by atoms with Crippen LogP contribution < -0.4 is 10.9 Å². The Labute approximate surface area is 147 Å². The van der Waals surface area contributed by atoms with Crippen LogP contribution in [0.15, 0.2) is 29.2 Å². The Morgan fingerprint density at radius 3 is 2.65 bits per heavy atom. The lowest BCUT2D eigenvalue weighted by Gasteiger charge is -2.30. The lowest BCUT2D eigenvalue weighted by molar-refractivity contribution is 0.0915. The highest BCUT2D eigenvalue weighted by molar-refractivity contribution is 5.90. The molecule has 5 nitrogen and oxygen atoms in total. The average Bonchev–Trinajstić information content (AvgIpc) is 3.43. The summed E-state index contributed by atoms with van der Waals surface area (Å²) in [7, 11) is 0. The van der Waals surface area contributed by atoms with Gasteiger partial charge in [0.2, 0.25) is 5.82 Å². The molecule has 0 bridgehead atoms. The molecule has 1 aliphatic carbocycles. The van der Waals surface area contributed by atoms with Gasteiger partial charge in [-0.25, -0.2) is 13.8 Å². The molecule has 138 valence electrons. The molecular weight excluding hydrogens is 347 g/mol. The van der Waals surface area contributed by atoms with Crippen LogP contribution in [0.3, 0.4) is 0 Å². The second-order valence-electron chi connectivity index (χ2n) is 6.93. The van der Waals surface area contributed by atoms with E-state index in [1.54, 1.807) is 0 Å². The summed E-state index contributed by atoms with van der Waals surface area (Å²) < 4.78 is 40.1. The number of benzene rings is 1. The molecule has 1 aromatic carbocycles. The summed E-state index contributed by atoms with van der Waals surface area (Å²) >= 11 is 0. The summed E-state index contributed by atoms with van der Waals surface area (Å²) in [6.45, 7) is 2.14. The van der Waals surface area contributed by atoms with Crippen molar-refractivity contribution in [3.63, 3.8) is 0 Å². The van der Waals surface area contributed by atoms with Gasteiger partial charge in [0.05, 0.1) is 6.20 Å². The normalized spacial score (nSPS) is 16.2. The van der Waals surface area contributed by atoms with E-state index in [0.29, 0.717) is 24.1 Å². The highest BCUT2D eigenvalue weighted by atomic mass is 19.1. The van der Waals surface area contributed by atoms with E-state index in [-0.39, 0.29) is 12.4 Å². The predicted molar refractivity (Wildman–Crippen MR) is 88.0 cm³/mol. The zero-order valence-corrected chi connectivity index (χ0v) is 14.1. The summed E-state index contributed by atoms with van der Waals surface area (Å²) in [5.41, 5.74) is -1.08. The van der Waals surface area contributed by atoms with Crippen LogP contribution in [0, 0.1) is 28.8 Å². The molecule has 1 unspecified atom stereocenters. The number of hydrogen-bond acceptors (Lipinski definition) is 3. The maximum atomic E-state index is 14.0. The van der Waals surface area contributed by atoms with Crippen molar-refractivity contribution in [3.8, 4) is 0 Å². The molecule has 3 rings (SSSR count). The molecule has 1 aliphatic rings. The largest absolute Gasteiger partial charge is 0.349 e. The van der Waals surface area contributed by atoms with Crippen LogP contribution in [0.5, 0.6) is 0 Å². The van der Waals surface area contributed by atoms with Gasteiger partial charge >= 0.3 is 0 Å². The molecule has 0 saturated heterocycles.